The van der Waals surface area contributed by atoms with E-state index in [9.17, 15) is 5.26 Å². The molecule has 3 rings (SSSR count). The van der Waals surface area contributed by atoms with Crippen LogP contribution in [-0.2, 0) is 13.1 Å². The highest BCUT2D eigenvalue weighted by atomic mass is 15.4. The van der Waals surface area contributed by atoms with Crippen LogP contribution in [0.1, 0.15) is 42.0 Å². The van der Waals surface area contributed by atoms with Crippen LogP contribution in [0, 0.1) is 25.2 Å². The highest BCUT2D eigenvalue weighted by Crippen LogP contribution is 2.22. The van der Waals surface area contributed by atoms with Gasteiger partial charge in [-0.05, 0) is 44.9 Å². The van der Waals surface area contributed by atoms with Gasteiger partial charge in [0.2, 0.25) is 0 Å². The van der Waals surface area contributed by atoms with Crippen molar-refractivity contribution in [3.8, 4) is 6.07 Å². The first-order valence-electron chi connectivity index (χ1n) is 8.27. The molecule has 1 aromatic carbocycles. The number of piperidine rings is 1. The molecule has 0 aliphatic carbocycles. The molecule has 1 atom stereocenters. The Hall–Kier alpha value is -2.19. The molecule has 1 fully saturated rings. The van der Waals surface area contributed by atoms with Crippen molar-refractivity contribution >= 4 is 0 Å². The van der Waals surface area contributed by atoms with Gasteiger partial charge in [0, 0.05) is 12.6 Å². The second-order valence-corrected chi connectivity index (χ2v) is 6.28. The van der Waals surface area contributed by atoms with Crippen LogP contribution in [0.3, 0.4) is 0 Å². The maximum Gasteiger partial charge on any atom is 0.147 e. The lowest BCUT2D eigenvalue weighted by molar-refractivity contribution is 0.121. The number of aromatic nitrogens is 3. The zero-order valence-corrected chi connectivity index (χ0v) is 13.9. The van der Waals surface area contributed by atoms with Crippen LogP contribution >= 0.6 is 0 Å². The molecule has 1 unspecified atom stereocenters. The Kier molecular flexibility index (Phi) is 4.73. The van der Waals surface area contributed by atoms with Gasteiger partial charge in [0.25, 0.3) is 0 Å². The number of nitriles is 1. The summed E-state index contributed by atoms with van der Waals surface area (Å²) in [4.78, 5) is 6.90. The lowest BCUT2D eigenvalue weighted by Gasteiger charge is -2.36. The molecule has 0 radical (unpaired) electrons. The number of likely N-dealkylation sites (tertiary alicyclic amines) is 1. The molecule has 0 N–H and O–H groups in total. The lowest BCUT2D eigenvalue weighted by Crippen LogP contribution is -2.42. The number of rotatable bonds is 4. The molecule has 0 bridgehead atoms. The lowest BCUT2D eigenvalue weighted by atomic mass is 10.00. The zero-order chi connectivity index (χ0) is 16.2. The van der Waals surface area contributed by atoms with Crippen molar-refractivity contribution in [2.24, 2.45) is 0 Å². The molecule has 2 heterocycles. The second-order valence-electron chi connectivity index (χ2n) is 6.28. The summed E-state index contributed by atoms with van der Waals surface area (Å²) in [5, 5.41) is 13.8. The third-order valence-corrected chi connectivity index (χ3v) is 4.61. The molecule has 120 valence electrons. The fourth-order valence-electron chi connectivity index (χ4n) is 3.39. The Morgan fingerprint density at radius 3 is 2.83 bits per heavy atom. The molecule has 0 amide bonds. The van der Waals surface area contributed by atoms with Crippen LogP contribution in [-0.4, -0.2) is 32.3 Å². The van der Waals surface area contributed by atoms with E-state index in [0.29, 0.717) is 6.04 Å². The molecule has 1 aliphatic heterocycles. The summed E-state index contributed by atoms with van der Waals surface area (Å²) in [7, 11) is 0. The Balaban J connectivity index is 1.76. The number of hydrogen-bond donors (Lipinski definition) is 0. The molecular weight excluding hydrogens is 286 g/mol. The van der Waals surface area contributed by atoms with Gasteiger partial charge in [0.1, 0.15) is 11.6 Å². The van der Waals surface area contributed by atoms with Gasteiger partial charge in [-0.3, -0.25) is 4.90 Å². The quantitative estimate of drug-likeness (QED) is 0.871. The van der Waals surface area contributed by atoms with E-state index >= 15 is 0 Å². The van der Waals surface area contributed by atoms with Gasteiger partial charge in [-0.1, -0.05) is 24.6 Å². The molecular formula is C18H23N5. The maximum atomic E-state index is 9.30. The summed E-state index contributed by atoms with van der Waals surface area (Å²) in [5.74, 6) is 1.81. The van der Waals surface area contributed by atoms with E-state index in [4.69, 9.17) is 0 Å². The first kappa shape index (κ1) is 15.7. The van der Waals surface area contributed by atoms with Gasteiger partial charge in [0.15, 0.2) is 0 Å². The molecule has 5 nitrogen and oxygen atoms in total. The summed E-state index contributed by atoms with van der Waals surface area (Å²) in [6.07, 6.45) is 3.65. The molecule has 1 aromatic heterocycles. The highest BCUT2D eigenvalue weighted by molar-refractivity contribution is 5.37. The largest absolute Gasteiger partial charge is 0.294 e. The van der Waals surface area contributed by atoms with Crippen LogP contribution in [0.4, 0.5) is 0 Å². The minimum atomic E-state index is 0.454. The summed E-state index contributed by atoms with van der Waals surface area (Å²) in [6, 6.07) is 10.7. The summed E-state index contributed by atoms with van der Waals surface area (Å²) < 4.78 is 2.02. The van der Waals surface area contributed by atoms with Crippen molar-refractivity contribution in [3.63, 3.8) is 0 Å². The Morgan fingerprint density at radius 2 is 2.09 bits per heavy atom. The first-order chi connectivity index (χ1) is 11.2. The molecule has 23 heavy (non-hydrogen) atoms. The fraction of sp³-hybridized carbons (Fsp3) is 0.500. The van der Waals surface area contributed by atoms with Gasteiger partial charge in [-0.15, -0.1) is 0 Å². The third-order valence-electron chi connectivity index (χ3n) is 4.61. The van der Waals surface area contributed by atoms with Crippen LogP contribution in [0.5, 0.6) is 0 Å². The normalized spacial score (nSPS) is 18.7. The maximum absolute atomic E-state index is 9.30. The van der Waals surface area contributed by atoms with E-state index in [1.54, 1.807) is 0 Å². The SMILES string of the molecule is Cc1nc(C)n(CC2CCCCN2Cc2ccccc2C#N)n1. The molecule has 1 saturated heterocycles. The molecule has 5 heteroatoms. The minimum Gasteiger partial charge on any atom is -0.294 e. The Bertz CT molecular complexity index is 712. The number of hydrogen-bond acceptors (Lipinski definition) is 4. The van der Waals surface area contributed by atoms with Gasteiger partial charge in [0.05, 0.1) is 18.2 Å². The number of nitrogens with zero attached hydrogens (tertiary/aromatic N) is 5. The monoisotopic (exact) mass is 309 g/mol. The first-order valence-corrected chi connectivity index (χ1v) is 8.27. The predicted molar refractivity (Wildman–Crippen MR) is 88.7 cm³/mol. The highest BCUT2D eigenvalue weighted by Gasteiger charge is 2.24. The zero-order valence-electron chi connectivity index (χ0n) is 13.9. The Morgan fingerprint density at radius 1 is 1.26 bits per heavy atom. The topological polar surface area (TPSA) is 57.7 Å². The number of benzene rings is 1. The van der Waals surface area contributed by atoms with Crippen molar-refractivity contribution in [1.29, 1.82) is 5.26 Å². The van der Waals surface area contributed by atoms with E-state index in [0.717, 1.165) is 42.4 Å². The van der Waals surface area contributed by atoms with E-state index in [1.807, 2.05) is 36.7 Å². The van der Waals surface area contributed by atoms with Gasteiger partial charge in [-0.25, -0.2) is 9.67 Å². The van der Waals surface area contributed by atoms with Crippen molar-refractivity contribution in [2.75, 3.05) is 6.54 Å². The average Bonchev–Trinajstić information content (AvgIpc) is 2.87. The molecule has 0 saturated carbocycles. The van der Waals surface area contributed by atoms with Crippen molar-refractivity contribution < 1.29 is 0 Å². The molecule has 2 aromatic rings. The van der Waals surface area contributed by atoms with Gasteiger partial charge < -0.3 is 0 Å². The third kappa shape index (κ3) is 3.59. The van der Waals surface area contributed by atoms with E-state index in [1.165, 1.54) is 19.3 Å². The summed E-state index contributed by atoms with van der Waals surface area (Å²) in [5.41, 5.74) is 1.90. The standard InChI is InChI=1S/C18H23N5/c1-14-20-15(2)23(21-14)13-18-9-5-6-10-22(18)12-17-8-4-3-7-16(17)11-19/h3-4,7-8,18H,5-6,9-10,12-13H2,1-2H3. The fourth-order valence-corrected chi connectivity index (χ4v) is 3.39. The van der Waals surface area contributed by atoms with Gasteiger partial charge in [-0.2, -0.15) is 10.4 Å². The second kappa shape index (κ2) is 6.93. The predicted octanol–water partition coefficient (Wildman–Crippen LogP) is 2.82. The van der Waals surface area contributed by atoms with Crippen LogP contribution in [0.2, 0.25) is 0 Å². The van der Waals surface area contributed by atoms with E-state index in [-0.39, 0.29) is 0 Å². The van der Waals surface area contributed by atoms with Crippen molar-refractivity contribution in [1.82, 2.24) is 19.7 Å². The van der Waals surface area contributed by atoms with E-state index < -0.39 is 0 Å². The van der Waals surface area contributed by atoms with Crippen LogP contribution in [0.25, 0.3) is 0 Å². The molecule has 1 aliphatic rings. The van der Waals surface area contributed by atoms with Crippen molar-refractivity contribution in [3.05, 3.63) is 47.0 Å². The summed E-state index contributed by atoms with van der Waals surface area (Å²) in [6.45, 7) is 6.74. The summed E-state index contributed by atoms with van der Waals surface area (Å²) >= 11 is 0. The number of aryl methyl sites for hydroxylation is 2. The molecule has 0 spiro atoms. The van der Waals surface area contributed by atoms with Gasteiger partial charge >= 0.3 is 0 Å². The minimum absolute atomic E-state index is 0.454. The smallest absolute Gasteiger partial charge is 0.147 e. The van der Waals surface area contributed by atoms with Crippen molar-refractivity contribution in [2.45, 2.75) is 52.2 Å². The Labute approximate surface area is 137 Å². The van der Waals surface area contributed by atoms with Crippen LogP contribution < -0.4 is 0 Å². The van der Waals surface area contributed by atoms with E-state index in [2.05, 4.69) is 27.1 Å². The van der Waals surface area contributed by atoms with Crippen LogP contribution in [0.15, 0.2) is 24.3 Å². The average molecular weight is 309 g/mol.